The van der Waals surface area contributed by atoms with Crippen molar-refractivity contribution >= 4 is 16.5 Å². The van der Waals surface area contributed by atoms with E-state index in [0.29, 0.717) is 11.6 Å². The predicted octanol–water partition coefficient (Wildman–Crippen LogP) is 0.569. The number of aliphatic hydroxyl groups excluding tert-OH is 1. The van der Waals surface area contributed by atoms with E-state index in [1.165, 1.54) is 11.3 Å². The maximum absolute atomic E-state index is 8.59. The lowest BCUT2D eigenvalue weighted by molar-refractivity contribution is 0.300. The molecule has 0 fully saturated rings. The minimum Gasteiger partial charge on any atom is -0.396 e. The molecular weight excluding hydrogens is 148 g/mol. The molecule has 0 radical (unpaired) electrons. The van der Waals surface area contributed by atoms with Crippen molar-refractivity contribution in [3.63, 3.8) is 0 Å². The molecule has 0 saturated heterocycles. The molecule has 0 bridgehead atoms. The van der Waals surface area contributed by atoms with Crippen LogP contribution in [0.5, 0.6) is 0 Å². The van der Waals surface area contributed by atoms with Crippen LogP contribution >= 0.6 is 11.3 Å². The van der Waals surface area contributed by atoms with Gasteiger partial charge in [-0.05, 0) is 6.92 Å². The second-order valence-electron chi connectivity index (χ2n) is 2.03. The zero-order chi connectivity index (χ0) is 7.56. The molecule has 1 rings (SSSR count). The quantitative estimate of drug-likeness (QED) is 0.661. The van der Waals surface area contributed by atoms with Crippen LogP contribution in [0.15, 0.2) is 0 Å². The first-order valence-electron chi connectivity index (χ1n) is 3.06. The Morgan fingerprint density at radius 1 is 1.70 bits per heavy atom. The highest BCUT2D eigenvalue weighted by atomic mass is 32.1. The first-order valence-corrected chi connectivity index (χ1v) is 3.88. The zero-order valence-electron chi connectivity index (χ0n) is 5.79. The summed E-state index contributed by atoms with van der Waals surface area (Å²) in [6, 6.07) is 0. The summed E-state index contributed by atoms with van der Waals surface area (Å²) in [5.41, 5.74) is 6.38. The standard InChI is InChI=1S/C6H10N2OS/c1-4-5(2-3-9)10-6(7)8-4/h9H,2-3H2,1H3,(H2,7,8). The van der Waals surface area contributed by atoms with E-state index in [4.69, 9.17) is 10.8 Å². The van der Waals surface area contributed by atoms with Gasteiger partial charge >= 0.3 is 0 Å². The zero-order valence-corrected chi connectivity index (χ0v) is 6.61. The third-order valence-corrected chi connectivity index (χ3v) is 2.29. The minimum atomic E-state index is 0.169. The molecular formula is C6H10N2OS. The van der Waals surface area contributed by atoms with Crippen LogP contribution in [0.25, 0.3) is 0 Å². The number of thiazole rings is 1. The maximum Gasteiger partial charge on any atom is 0.180 e. The summed E-state index contributed by atoms with van der Waals surface area (Å²) < 4.78 is 0. The monoisotopic (exact) mass is 158 g/mol. The van der Waals surface area contributed by atoms with Gasteiger partial charge < -0.3 is 10.8 Å². The Morgan fingerprint density at radius 3 is 2.80 bits per heavy atom. The van der Waals surface area contributed by atoms with Gasteiger partial charge in [0.2, 0.25) is 0 Å². The SMILES string of the molecule is Cc1nc(N)sc1CCO. The predicted molar refractivity (Wildman–Crippen MR) is 42.1 cm³/mol. The molecule has 0 aliphatic carbocycles. The lowest BCUT2D eigenvalue weighted by Gasteiger charge is -1.89. The molecule has 1 aromatic rings. The molecule has 4 heteroatoms. The summed E-state index contributed by atoms with van der Waals surface area (Å²) in [6.45, 7) is 2.07. The molecule has 0 spiro atoms. The molecule has 1 heterocycles. The van der Waals surface area contributed by atoms with Crippen molar-refractivity contribution in [3.8, 4) is 0 Å². The second-order valence-corrected chi connectivity index (χ2v) is 3.15. The summed E-state index contributed by atoms with van der Waals surface area (Å²) in [6.07, 6.45) is 0.667. The van der Waals surface area contributed by atoms with E-state index in [0.717, 1.165) is 10.6 Å². The van der Waals surface area contributed by atoms with Gasteiger partial charge in [-0.1, -0.05) is 0 Å². The molecule has 0 aliphatic heterocycles. The third-order valence-electron chi connectivity index (χ3n) is 1.25. The van der Waals surface area contributed by atoms with Crippen LogP contribution in [-0.2, 0) is 6.42 Å². The van der Waals surface area contributed by atoms with Gasteiger partial charge in [-0.15, -0.1) is 11.3 Å². The van der Waals surface area contributed by atoms with Gasteiger partial charge in [0, 0.05) is 17.9 Å². The maximum atomic E-state index is 8.59. The number of anilines is 1. The van der Waals surface area contributed by atoms with Gasteiger partial charge in [-0.3, -0.25) is 0 Å². The average Bonchev–Trinajstić information content (AvgIpc) is 2.13. The molecule has 10 heavy (non-hydrogen) atoms. The van der Waals surface area contributed by atoms with Crippen LogP contribution in [0.3, 0.4) is 0 Å². The van der Waals surface area contributed by atoms with E-state index in [1.807, 2.05) is 6.92 Å². The highest BCUT2D eigenvalue weighted by Gasteiger charge is 2.02. The summed E-state index contributed by atoms with van der Waals surface area (Å²) >= 11 is 1.45. The van der Waals surface area contributed by atoms with Crippen LogP contribution in [-0.4, -0.2) is 16.7 Å². The molecule has 0 atom stereocenters. The van der Waals surface area contributed by atoms with Gasteiger partial charge in [0.25, 0.3) is 0 Å². The Bertz CT molecular complexity index is 222. The normalized spacial score (nSPS) is 10.2. The van der Waals surface area contributed by atoms with E-state index in [1.54, 1.807) is 0 Å². The van der Waals surface area contributed by atoms with Gasteiger partial charge in [0.1, 0.15) is 0 Å². The van der Waals surface area contributed by atoms with Crippen molar-refractivity contribution in [1.29, 1.82) is 0 Å². The van der Waals surface area contributed by atoms with E-state index in [9.17, 15) is 0 Å². The smallest absolute Gasteiger partial charge is 0.180 e. The highest BCUT2D eigenvalue weighted by Crippen LogP contribution is 2.19. The van der Waals surface area contributed by atoms with Gasteiger partial charge in [-0.25, -0.2) is 4.98 Å². The van der Waals surface area contributed by atoms with Crippen LogP contribution in [0, 0.1) is 6.92 Å². The lowest BCUT2D eigenvalue weighted by Crippen LogP contribution is -1.88. The van der Waals surface area contributed by atoms with Crippen molar-refractivity contribution in [2.24, 2.45) is 0 Å². The van der Waals surface area contributed by atoms with Crippen molar-refractivity contribution in [1.82, 2.24) is 4.98 Å². The Kier molecular flexibility index (Phi) is 2.24. The molecule has 1 aromatic heterocycles. The summed E-state index contributed by atoms with van der Waals surface area (Å²) in [7, 11) is 0. The molecule has 0 aromatic carbocycles. The third kappa shape index (κ3) is 1.46. The Labute approximate surface area is 63.5 Å². The molecule has 0 unspecified atom stereocenters. The van der Waals surface area contributed by atoms with Gasteiger partial charge in [0.15, 0.2) is 5.13 Å². The Balaban J connectivity index is 2.81. The van der Waals surface area contributed by atoms with Crippen molar-refractivity contribution in [2.45, 2.75) is 13.3 Å². The number of nitrogens with two attached hydrogens (primary N) is 1. The Hall–Kier alpha value is -0.610. The van der Waals surface area contributed by atoms with E-state index < -0.39 is 0 Å². The molecule has 0 saturated carbocycles. The fraction of sp³-hybridized carbons (Fsp3) is 0.500. The highest BCUT2D eigenvalue weighted by molar-refractivity contribution is 7.15. The number of aryl methyl sites for hydroxylation is 1. The number of hydrogen-bond donors (Lipinski definition) is 2. The molecule has 56 valence electrons. The molecule has 0 aliphatic rings. The fourth-order valence-corrected chi connectivity index (χ4v) is 1.61. The lowest BCUT2D eigenvalue weighted by atomic mass is 10.3. The number of hydrogen-bond acceptors (Lipinski definition) is 4. The number of nitrogens with zero attached hydrogens (tertiary/aromatic N) is 1. The molecule has 3 nitrogen and oxygen atoms in total. The van der Waals surface area contributed by atoms with Gasteiger partial charge in [0.05, 0.1) is 5.69 Å². The summed E-state index contributed by atoms with van der Waals surface area (Å²) in [5.74, 6) is 0. The first kappa shape index (κ1) is 7.50. The first-order chi connectivity index (χ1) is 4.74. The van der Waals surface area contributed by atoms with Crippen molar-refractivity contribution in [2.75, 3.05) is 12.3 Å². The summed E-state index contributed by atoms with van der Waals surface area (Å²) in [5, 5.41) is 9.18. The molecule has 0 amide bonds. The van der Waals surface area contributed by atoms with E-state index in [-0.39, 0.29) is 6.61 Å². The van der Waals surface area contributed by atoms with Crippen LogP contribution in [0.2, 0.25) is 0 Å². The van der Waals surface area contributed by atoms with Crippen LogP contribution < -0.4 is 5.73 Å². The topological polar surface area (TPSA) is 59.1 Å². The second kappa shape index (κ2) is 2.98. The Morgan fingerprint density at radius 2 is 2.40 bits per heavy atom. The van der Waals surface area contributed by atoms with Gasteiger partial charge in [-0.2, -0.15) is 0 Å². The van der Waals surface area contributed by atoms with Crippen LogP contribution in [0.1, 0.15) is 10.6 Å². The van der Waals surface area contributed by atoms with Crippen LogP contribution in [0.4, 0.5) is 5.13 Å². The largest absolute Gasteiger partial charge is 0.396 e. The minimum absolute atomic E-state index is 0.169. The van der Waals surface area contributed by atoms with E-state index >= 15 is 0 Å². The summed E-state index contributed by atoms with van der Waals surface area (Å²) in [4.78, 5) is 5.10. The van der Waals surface area contributed by atoms with Crippen molar-refractivity contribution < 1.29 is 5.11 Å². The number of aliphatic hydroxyl groups is 1. The van der Waals surface area contributed by atoms with Crippen molar-refractivity contribution in [3.05, 3.63) is 10.6 Å². The fourth-order valence-electron chi connectivity index (χ4n) is 0.784. The van der Waals surface area contributed by atoms with E-state index in [2.05, 4.69) is 4.98 Å². The average molecular weight is 158 g/mol. The number of nitrogen functional groups attached to an aromatic ring is 1. The number of rotatable bonds is 2. The number of aromatic nitrogens is 1. The molecule has 3 N–H and O–H groups in total.